The van der Waals surface area contributed by atoms with Crippen LogP contribution in [0.25, 0.3) is 0 Å². The number of piperazine rings is 1. The van der Waals surface area contributed by atoms with Crippen molar-refractivity contribution in [1.29, 1.82) is 0 Å². The first-order valence-electron chi connectivity index (χ1n) is 11.5. The number of carbonyl (C=O) groups excluding carboxylic acids is 1. The van der Waals surface area contributed by atoms with Gasteiger partial charge in [0.25, 0.3) is 5.91 Å². The Morgan fingerprint density at radius 1 is 1.09 bits per heavy atom. The van der Waals surface area contributed by atoms with Crippen LogP contribution in [0.2, 0.25) is 0 Å². The number of nitrogens with one attached hydrogen (secondary N) is 1. The van der Waals surface area contributed by atoms with Gasteiger partial charge in [-0.1, -0.05) is 44.6 Å². The van der Waals surface area contributed by atoms with Gasteiger partial charge in [-0.3, -0.25) is 9.69 Å². The van der Waals surface area contributed by atoms with Gasteiger partial charge < -0.3 is 5.32 Å². The molecule has 4 nitrogen and oxygen atoms in total. The molecule has 1 saturated carbocycles. The number of nitrogens with zero attached hydrogens (tertiary/aromatic N) is 2. The zero-order valence-corrected chi connectivity index (χ0v) is 19.5. The second kappa shape index (κ2) is 11.2. The maximum Gasteiger partial charge on any atom is 0.417 e. The van der Waals surface area contributed by atoms with E-state index in [1.54, 1.807) is 0 Å². The average molecular weight is 476 g/mol. The van der Waals surface area contributed by atoms with Crippen molar-refractivity contribution < 1.29 is 22.4 Å². The van der Waals surface area contributed by atoms with E-state index in [9.17, 15) is 22.4 Å². The number of benzene rings is 1. The maximum absolute atomic E-state index is 13.4. The molecular formula is C23H33F4N3OS. The molecule has 1 aliphatic heterocycles. The molecule has 1 aromatic rings. The van der Waals surface area contributed by atoms with Gasteiger partial charge in [0.15, 0.2) is 0 Å². The van der Waals surface area contributed by atoms with E-state index in [1.807, 2.05) is 11.9 Å². The molecule has 1 saturated heterocycles. The van der Waals surface area contributed by atoms with Gasteiger partial charge >= 0.3 is 6.18 Å². The standard InChI is InChI=1S/C23H33F4N3OS/c1-2-15-32-30-13-11-29(12-14-30)22(9-5-3-4-6-10-22)17-28-21(31)19-8-7-18(24)16-20(19)23(25,26)27/h7-8,16H,2-6,9-15,17H2,1H3,(H,28,31). The summed E-state index contributed by atoms with van der Waals surface area (Å²) in [4.78, 5) is 15.2. The summed E-state index contributed by atoms with van der Waals surface area (Å²) in [5, 5.41) is 2.79. The van der Waals surface area contributed by atoms with E-state index < -0.39 is 29.0 Å². The molecule has 1 aromatic carbocycles. The Morgan fingerprint density at radius 2 is 1.75 bits per heavy atom. The summed E-state index contributed by atoms with van der Waals surface area (Å²) in [5.41, 5.74) is -2.00. The fourth-order valence-electron chi connectivity index (χ4n) is 4.79. The van der Waals surface area contributed by atoms with Crippen molar-refractivity contribution in [3.8, 4) is 0 Å². The summed E-state index contributed by atoms with van der Waals surface area (Å²) in [6, 6.07) is 2.22. The number of alkyl halides is 3. The van der Waals surface area contributed by atoms with Gasteiger partial charge in [-0.15, -0.1) is 0 Å². The van der Waals surface area contributed by atoms with Gasteiger partial charge in [-0.2, -0.15) is 13.2 Å². The molecule has 0 aromatic heterocycles. The summed E-state index contributed by atoms with van der Waals surface area (Å²) in [6.07, 6.45) is 2.55. The minimum Gasteiger partial charge on any atom is -0.350 e. The first kappa shape index (κ1) is 25.3. The number of hydrogen-bond acceptors (Lipinski definition) is 4. The van der Waals surface area contributed by atoms with E-state index in [0.717, 1.165) is 89.0 Å². The van der Waals surface area contributed by atoms with Crippen LogP contribution in [0.3, 0.4) is 0 Å². The molecule has 0 bridgehead atoms. The third-order valence-electron chi connectivity index (χ3n) is 6.53. The largest absolute Gasteiger partial charge is 0.417 e. The molecule has 2 fully saturated rings. The number of rotatable bonds is 7. The fraction of sp³-hybridized carbons (Fsp3) is 0.696. The van der Waals surface area contributed by atoms with Crippen LogP contribution in [-0.4, -0.2) is 59.1 Å². The number of hydrogen-bond donors (Lipinski definition) is 1. The van der Waals surface area contributed by atoms with E-state index in [4.69, 9.17) is 0 Å². The molecule has 2 aliphatic rings. The van der Waals surface area contributed by atoms with Crippen LogP contribution in [0.5, 0.6) is 0 Å². The summed E-state index contributed by atoms with van der Waals surface area (Å²) in [6.45, 7) is 6.13. The first-order chi connectivity index (χ1) is 15.2. The van der Waals surface area contributed by atoms with Gasteiger partial charge in [-0.05, 0) is 37.5 Å². The topological polar surface area (TPSA) is 35.6 Å². The van der Waals surface area contributed by atoms with Gasteiger partial charge in [0, 0.05) is 44.0 Å². The minimum absolute atomic E-state index is 0.244. The van der Waals surface area contributed by atoms with Gasteiger partial charge in [0.05, 0.1) is 11.1 Å². The van der Waals surface area contributed by atoms with E-state index in [2.05, 4.69) is 21.4 Å². The lowest BCUT2D eigenvalue weighted by Crippen LogP contribution is -2.60. The molecule has 0 radical (unpaired) electrons. The van der Waals surface area contributed by atoms with Crippen molar-refractivity contribution in [3.63, 3.8) is 0 Å². The summed E-state index contributed by atoms with van der Waals surface area (Å²) in [7, 11) is 0. The maximum atomic E-state index is 13.4. The summed E-state index contributed by atoms with van der Waals surface area (Å²) in [5.74, 6) is -0.702. The van der Waals surface area contributed by atoms with Crippen molar-refractivity contribution in [2.75, 3.05) is 38.5 Å². The molecule has 1 N–H and O–H groups in total. The Balaban J connectivity index is 1.72. The van der Waals surface area contributed by atoms with Gasteiger partial charge in [-0.25, -0.2) is 8.70 Å². The van der Waals surface area contributed by atoms with Crippen LogP contribution >= 0.6 is 11.9 Å². The summed E-state index contributed by atoms with van der Waals surface area (Å²) < 4.78 is 55.9. The number of carbonyl (C=O) groups is 1. The minimum atomic E-state index is -4.79. The van der Waals surface area contributed by atoms with E-state index in [0.29, 0.717) is 12.6 Å². The molecule has 0 atom stereocenters. The third kappa shape index (κ3) is 6.38. The Kier molecular flexibility index (Phi) is 8.86. The molecule has 3 rings (SSSR count). The fourth-order valence-corrected chi connectivity index (χ4v) is 5.65. The highest BCUT2D eigenvalue weighted by atomic mass is 32.2. The Hall–Kier alpha value is -1.32. The predicted octanol–water partition coefficient (Wildman–Crippen LogP) is 5.34. The second-order valence-electron chi connectivity index (χ2n) is 8.76. The molecular weight excluding hydrogens is 442 g/mol. The molecule has 9 heteroatoms. The van der Waals surface area contributed by atoms with Crippen LogP contribution in [-0.2, 0) is 6.18 Å². The molecule has 0 unspecified atom stereocenters. The zero-order valence-electron chi connectivity index (χ0n) is 18.6. The van der Waals surface area contributed by atoms with Crippen LogP contribution in [0.15, 0.2) is 18.2 Å². The molecule has 180 valence electrons. The smallest absolute Gasteiger partial charge is 0.350 e. The van der Waals surface area contributed by atoms with Crippen molar-refractivity contribution in [1.82, 2.24) is 14.5 Å². The van der Waals surface area contributed by atoms with Crippen molar-refractivity contribution in [3.05, 3.63) is 35.1 Å². The molecule has 1 aliphatic carbocycles. The zero-order chi connectivity index (χ0) is 23.2. The van der Waals surface area contributed by atoms with Crippen molar-refractivity contribution in [2.45, 2.75) is 63.6 Å². The third-order valence-corrected chi connectivity index (χ3v) is 7.85. The number of amides is 1. The van der Waals surface area contributed by atoms with Crippen LogP contribution < -0.4 is 5.32 Å². The lowest BCUT2D eigenvalue weighted by atomic mass is 9.87. The van der Waals surface area contributed by atoms with E-state index in [1.165, 1.54) is 0 Å². The van der Waals surface area contributed by atoms with E-state index in [-0.39, 0.29) is 5.54 Å². The second-order valence-corrected chi connectivity index (χ2v) is 9.94. The Morgan fingerprint density at radius 3 is 2.34 bits per heavy atom. The summed E-state index contributed by atoms with van der Waals surface area (Å²) >= 11 is 1.87. The van der Waals surface area contributed by atoms with Crippen molar-refractivity contribution >= 4 is 17.9 Å². The molecule has 1 amide bonds. The molecule has 1 heterocycles. The predicted molar refractivity (Wildman–Crippen MR) is 120 cm³/mol. The monoisotopic (exact) mass is 475 g/mol. The van der Waals surface area contributed by atoms with E-state index >= 15 is 0 Å². The van der Waals surface area contributed by atoms with Gasteiger partial charge in [0.1, 0.15) is 5.82 Å². The Labute approximate surface area is 192 Å². The highest BCUT2D eigenvalue weighted by molar-refractivity contribution is 7.97. The quantitative estimate of drug-likeness (QED) is 0.328. The van der Waals surface area contributed by atoms with Gasteiger partial charge in [0.2, 0.25) is 0 Å². The van der Waals surface area contributed by atoms with Crippen LogP contribution in [0.1, 0.15) is 67.8 Å². The van der Waals surface area contributed by atoms with Crippen molar-refractivity contribution in [2.24, 2.45) is 0 Å². The SMILES string of the molecule is CCCSN1CCN(C2(CNC(=O)c3ccc(F)cc3C(F)(F)F)CCCCCC2)CC1. The highest BCUT2D eigenvalue weighted by Crippen LogP contribution is 2.35. The molecule has 0 spiro atoms. The lowest BCUT2D eigenvalue weighted by molar-refractivity contribution is -0.138. The Bertz CT molecular complexity index is 758. The normalized spacial score (nSPS) is 20.7. The first-order valence-corrected chi connectivity index (χ1v) is 12.5. The lowest BCUT2D eigenvalue weighted by Gasteiger charge is -2.47. The number of halogens is 4. The van der Waals surface area contributed by atoms with Crippen LogP contribution in [0.4, 0.5) is 17.6 Å². The highest BCUT2D eigenvalue weighted by Gasteiger charge is 2.40. The molecule has 32 heavy (non-hydrogen) atoms. The average Bonchev–Trinajstić information content (AvgIpc) is 3.02. The van der Waals surface area contributed by atoms with Crippen LogP contribution in [0, 0.1) is 5.82 Å².